The molecule has 4 aromatic rings. The lowest BCUT2D eigenvalue weighted by Crippen LogP contribution is -2.32. The molecule has 3 aromatic carbocycles. The topological polar surface area (TPSA) is 128 Å². The number of hydrogen-bond acceptors (Lipinski definition) is 6. The second-order valence-electron chi connectivity index (χ2n) is 8.98. The molecular formula is C28H28N4O6S. The Morgan fingerprint density at radius 3 is 2.31 bits per heavy atom. The zero-order valence-electron chi connectivity index (χ0n) is 21.8. The Morgan fingerprint density at radius 1 is 0.923 bits per heavy atom. The second kappa shape index (κ2) is 11.0. The highest BCUT2D eigenvalue weighted by Crippen LogP contribution is 2.19. The van der Waals surface area contributed by atoms with Crippen molar-refractivity contribution in [3.05, 3.63) is 106 Å². The summed E-state index contributed by atoms with van der Waals surface area (Å²) in [6.45, 7) is 4.88. The van der Waals surface area contributed by atoms with Crippen molar-refractivity contribution in [1.82, 2.24) is 9.36 Å². The van der Waals surface area contributed by atoms with Gasteiger partial charge in [-0.1, -0.05) is 36.4 Å². The molecule has 2 N–H and O–H groups in total. The minimum Gasteiger partial charge on any atom is -0.449 e. The summed E-state index contributed by atoms with van der Waals surface area (Å²) >= 11 is 0. The van der Waals surface area contributed by atoms with Crippen LogP contribution in [-0.2, 0) is 26.6 Å². The number of esters is 1. The number of nitrogens with zero attached hydrogens (tertiary/aromatic N) is 2. The monoisotopic (exact) mass is 548 g/mol. The molecule has 0 aliphatic carbocycles. The summed E-state index contributed by atoms with van der Waals surface area (Å²) in [6.07, 6.45) is -1.27. The highest BCUT2D eigenvalue weighted by atomic mass is 32.2. The average molecular weight is 549 g/mol. The standard InChI is InChI=1S/C28H28N4O6S/c1-18-10-8-12-22(16-18)30-39(36,37)24-15-9-11-21(17-24)28(35)38-20(3)26(33)29-25-19(2)31(4)32(27(25)34)23-13-6-5-7-14-23/h5-17,20,30H,1-4H3,(H,29,33)/t20-/m1/s1. The first-order valence-corrected chi connectivity index (χ1v) is 13.5. The maximum absolute atomic E-state index is 13.1. The number of hydrogen-bond donors (Lipinski definition) is 2. The molecule has 4 rings (SSSR count). The third-order valence-electron chi connectivity index (χ3n) is 6.11. The van der Waals surface area contributed by atoms with Gasteiger partial charge in [-0.2, -0.15) is 0 Å². The third-order valence-corrected chi connectivity index (χ3v) is 7.48. The SMILES string of the molecule is Cc1cccc(NS(=O)(=O)c2cccc(C(=O)O[C@H](C)C(=O)Nc3c(C)n(C)n(-c4ccccc4)c3=O)c2)c1. The van der Waals surface area contributed by atoms with E-state index in [0.717, 1.165) is 5.56 Å². The van der Waals surface area contributed by atoms with Gasteiger partial charge in [-0.15, -0.1) is 0 Å². The minimum atomic E-state index is -3.98. The first-order chi connectivity index (χ1) is 18.5. The summed E-state index contributed by atoms with van der Waals surface area (Å²) in [5.41, 5.74) is 1.97. The van der Waals surface area contributed by atoms with Crippen LogP contribution in [0.4, 0.5) is 11.4 Å². The van der Waals surface area contributed by atoms with Gasteiger partial charge in [0.1, 0.15) is 5.69 Å². The van der Waals surface area contributed by atoms with Gasteiger partial charge in [0.25, 0.3) is 21.5 Å². The summed E-state index contributed by atoms with van der Waals surface area (Å²) in [7, 11) is -2.29. The van der Waals surface area contributed by atoms with Gasteiger partial charge in [-0.25, -0.2) is 17.9 Å². The van der Waals surface area contributed by atoms with Gasteiger partial charge in [0.2, 0.25) is 0 Å². The van der Waals surface area contributed by atoms with Crippen molar-refractivity contribution in [3.8, 4) is 5.69 Å². The lowest BCUT2D eigenvalue weighted by Gasteiger charge is -2.14. The van der Waals surface area contributed by atoms with Crippen LogP contribution in [0, 0.1) is 13.8 Å². The molecular weight excluding hydrogens is 520 g/mol. The van der Waals surface area contributed by atoms with Crippen molar-refractivity contribution in [2.24, 2.45) is 7.05 Å². The number of aryl methyl sites for hydroxylation is 1. The van der Waals surface area contributed by atoms with Crippen molar-refractivity contribution in [1.29, 1.82) is 0 Å². The summed E-state index contributed by atoms with van der Waals surface area (Å²) in [5, 5.41) is 2.56. The summed E-state index contributed by atoms with van der Waals surface area (Å²) in [6, 6.07) is 21.1. The summed E-state index contributed by atoms with van der Waals surface area (Å²) in [4.78, 5) is 38.5. The highest BCUT2D eigenvalue weighted by molar-refractivity contribution is 7.92. The quantitative estimate of drug-likeness (QED) is 0.323. The Kier molecular flexibility index (Phi) is 7.73. The molecule has 11 heteroatoms. The van der Waals surface area contributed by atoms with Crippen LogP contribution in [-0.4, -0.2) is 35.8 Å². The Morgan fingerprint density at radius 2 is 1.62 bits per heavy atom. The van der Waals surface area contributed by atoms with Crippen molar-refractivity contribution in [2.45, 2.75) is 31.8 Å². The molecule has 202 valence electrons. The first kappa shape index (κ1) is 27.4. The molecule has 1 amide bonds. The zero-order valence-corrected chi connectivity index (χ0v) is 22.7. The molecule has 39 heavy (non-hydrogen) atoms. The summed E-state index contributed by atoms with van der Waals surface area (Å²) < 4.78 is 36.5. The van der Waals surface area contributed by atoms with Gasteiger partial charge in [-0.3, -0.25) is 19.0 Å². The molecule has 0 bridgehead atoms. The molecule has 1 aromatic heterocycles. The van der Waals surface area contributed by atoms with Gasteiger partial charge in [0, 0.05) is 12.7 Å². The normalized spacial score (nSPS) is 12.0. The van der Waals surface area contributed by atoms with Crippen LogP contribution >= 0.6 is 0 Å². The maximum Gasteiger partial charge on any atom is 0.338 e. The van der Waals surface area contributed by atoms with Crippen molar-refractivity contribution in [3.63, 3.8) is 0 Å². The number of ether oxygens (including phenoxy) is 1. The molecule has 0 fully saturated rings. The smallest absolute Gasteiger partial charge is 0.338 e. The van der Waals surface area contributed by atoms with Gasteiger partial charge < -0.3 is 10.1 Å². The average Bonchev–Trinajstić information content (AvgIpc) is 3.11. The Hall–Kier alpha value is -4.64. The van der Waals surface area contributed by atoms with Gasteiger partial charge in [0.05, 0.1) is 21.8 Å². The predicted molar refractivity (Wildman–Crippen MR) is 148 cm³/mol. The number of nitrogens with one attached hydrogen (secondary N) is 2. The second-order valence-corrected chi connectivity index (χ2v) is 10.7. The van der Waals surface area contributed by atoms with Crippen LogP contribution < -0.4 is 15.6 Å². The minimum absolute atomic E-state index is 0.0518. The van der Waals surface area contributed by atoms with Crippen LogP contribution in [0.25, 0.3) is 5.69 Å². The molecule has 0 saturated heterocycles. The number of rotatable bonds is 8. The van der Waals surface area contributed by atoms with Gasteiger partial charge in [-0.05, 0) is 68.8 Å². The fourth-order valence-electron chi connectivity index (χ4n) is 3.93. The highest BCUT2D eigenvalue weighted by Gasteiger charge is 2.24. The number of amides is 1. The molecule has 0 aliphatic heterocycles. The zero-order chi connectivity index (χ0) is 28.3. The van der Waals surface area contributed by atoms with Crippen LogP contribution in [0.1, 0.15) is 28.5 Å². The van der Waals surface area contributed by atoms with E-state index in [1.807, 2.05) is 19.1 Å². The number of para-hydroxylation sites is 1. The lowest BCUT2D eigenvalue weighted by molar-refractivity contribution is -0.123. The van der Waals surface area contributed by atoms with Crippen LogP contribution in [0.2, 0.25) is 0 Å². The number of carbonyl (C=O) groups excluding carboxylic acids is 2. The van der Waals surface area contributed by atoms with E-state index in [-0.39, 0.29) is 16.1 Å². The molecule has 10 nitrogen and oxygen atoms in total. The van der Waals surface area contributed by atoms with Crippen molar-refractivity contribution < 1.29 is 22.7 Å². The van der Waals surface area contributed by atoms with Crippen molar-refractivity contribution >= 4 is 33.3 Å². The van der Waals surface area contributed by atoms with E-state index in [0.29, 0.717) is 17.1 Å². The van der Waals surface area contributed by atoms with E-state index >= 15 is 0 Å². The third kappa shape index (κ3) is 5.93. The maximum atomic E-state index is 13.1. The molecule has 0 aliphatic rings. The van der Waals surface area contributed by atoms with E-state index < -0.39 is 33.6 Å². The summed E-state index contributed by atoms with van der Waals surface area (Å²) in [5.74, 6) is -1.60. The van der Waals surface area contributed by atoms with E-state index in [1.54, 1.807) is 61.1 Å². The molecule has 1 atom stereocenters. The van der Waals surface area contributed by atoms with Crippen LogP contribution in [0.15, 0.2) is 88.6 Å². The largest absolute Gasteiger partial charge is 0.449 e. The van der Waals surface area contributed by atoms with Gasteiger partial charge in [0.15, 0.2) is 6.10 Å². The lowest BCUT2D eigenvalue weighted by atomic mass is 10.2. The van der Waals surface area contributed by atoms with Gasteiger partial charge >= 0.3 is 5.97 Å². The number of carbonyl (C=O) groups is 2. The van der Waals surface area contributed by atoms with Crippen LogP contribution in [0.3, 0.4) is 0 Å². The molecule has 0 radical (unpaired) electrons. The number of sulfonamides is 1. The molecule has 0 saturated carbocycles. The van der Waals surface area contributed by atoms with Crippen LogP contribution in [0.5, 0.6) is 0 Å². The predicted octanol–water partition coefficient (Wildman–Crippen LogP) is 3.78. The Labute approximate surface area is 225 Å². The number of aromatic nitrogens is 2. The van der Waals surface area contributed by atoms with E-state index in [9.17, 15) is 22.8 Å². The van der Waals surface area contributed by atoms with Crippen molar-refractivity contribution in [2.75, 3.05) is 10.0 Å². The Bertz CT molecular complexity index is 1710. The fourth-order valence-corrected chi connectivity index (χ4v) is 5.03. The number of benzene rings is 3. The van der Waals surface area contributed by atoms with E-state index in [1.165, 1.54) is 35.9 Å². The fraction of sp³-hybridized carbons (Fsp3) is 0.179. The first-order valence-electron chi connectivity index (χ1n) is 12.0. The van der Waals surface area contributed by atoms with E-state index in [4.69, 9.17) is 4.74 Å². The Balaban J connectivity index is 1.48. The van der Waals surface area contributed by atoms with E-state index in [2.05, 4.69) is 10.0 Å². The molecule has 1 heterocycles. The molecule has 0 spiro atoms. The number of anilines is 2. The molecule has 0 unspecified atom stereocenters.